The maximum Gasteiger partial charge on any atom is 0.0461 e. The minimum absolute atomic E-state index is 0.151. The van der Waals surface area contributed by atoms with Gasteiger partial charge in [0.15, 0.2) is 0 Å². The Morgan fingerprint density at radius 3 is 1.66 bits per heavy atom. The summed E-state index contributed by atoms with van der Waals surface area (Å²) in [5.74, 6) is 0. The minimum atomic E-state index is -0.537. The molecule has 3 aromatic carbocycles. The van der Waals surface area contributed by atoms with Crippen LogP contribution < -0.4 is 20.4 Å². The number of benzene rings is 3. The molecule has 0 bridgehead atoms. The maximum atomic E-state index is 2.37. The Balaban J connectivity index is 2.34. The van der Waals surface area contributed by atoms with Crippen LogP contribution in [0.25, 0.3) is 11.1 Å². The van der Waals surface area contributed by atoms with Gasteiger partial charge in [0.05, 0.1) is 0 Å². The van der Waals surface area contributed by atoms with Gasteiger partial charge in [0.2, 0.25) is 0 Å². The number of hydrogen-bond donors (Lipinski definition) is 0. The number of nitrogens with zero attached hydrogens (tertiary/aromatic N) is 2. The van der Waals surface area contributed by atoms with Crippen molar-refractivity contribution in [1.29, 1.82) is 0 Å². The summed E-state index contributed by atoms with van der Waals surface area (Å²) < 4.78 is 0. The lowest BCUT2D eigenvalue weighted by Gasteiger charge is -2.35. The summed E-state index contributed by atoms with van der Waals surface area (Å²) in [4.78, 5) is 4.45. The zero-order valence-electron chi connectivity index (χ0n) is 18.8. The molecule has 0 saturated heterocycles. The Morgan fingerprint density at radius 1 is 0.621 bits per heavy atom. The third kappa shape index (κ3) is 4.49. The first-order valence-electron chi connectivity index (χ1n) is 10.1. The average Bonchev–Trinajstić information content (AvgIpc) is 2.67. The molecule has 0 aliphatic carbocycles. The summed E-state index contributed by atoms with van der Waals surface area (Å²) in [6, 6.07) is 26.6. The second-order valence-electron chi connectivity index (χ2n) is 8.82. The van der Waals surface area contributed by atoms with Crippen LogP contribution in [0.15, 0.2) is 72.8 Å². The first-order chi connectivity index (χ1) is 13.7. The highest BCUT2D eigenvalue weighted by molar-refractivity contribution is 7.74. The van der Waals surface area contributed by atoms with Gasteiger partial charge in [-0.15, -0.1) is 0 Å². The summed E-state index contributed by atoms with van der Waals surface area (Å²) in [6.45, 7) is 7.10. The molecule has 3 heteroatoms. The van der Waals surface area contributed by atoms with Crippen LogP contribution in [0.5, 0.6) is 0 Å². The molecule has 152 valence electrons. The topological polar surface area (TPSA) is 6.48 Å². The van der Waals surface area contributed by atoms with Crippen molar-refractivity contribution in [2.24, 2.45) is 0 Å². The van der Waals surface area contributed by atoms with Crippen molar-refractivity contribution in [2.45, 2.75) is 25.9 Å². The zero-order valence-corrected chi connectivity index (χ0v) is 19.7. The molecule has 29 heavy (non-hydrogen) atoms. The van der Waals surface area contributed by atoms with Crippen molar-refractivity contribution in [3.05, 3.63) is 72.8 Å². The van der Waals surface area contributed by atoms with E-state index >= 15 is 0 Å². The van der Waals surface area contributed by atoms with E-state index in [-0.39, 0.29) is 5.16 Å². The van der Waals surface area contributed by atoms with Gasteiger partial charge >= 0.3 is 0 Å². The molecule has 3 aromatic rings. The lowest BCUT2D eigenvalue weighted by molar-refractivity contribution is 0.793. The van der Waals surface area contributed by atoms with Crippen molar-refractivity contribution in [1.82, 2.24) is 0 Å². The van der Waals surface area contributed by atoms with E-state index in [1.54, 1.807) is 0 Å². The Kier molecular flexibility index (Phi) is 6.34. The fraction of sp³-hybridized carbons (Fsp3) is 0.308. The fourth-order valence-corrected chi connectivity index (χ4v) is 6.80. The zero-order chi connectivity index (χ0) is 21.2. The van der Waals surface area contributed by atoms with E-state index in [1.807, 2.05) is 0 Å². The van der Waals surface area contributed by atoms with E-state index < -0.39 is 7.92 Å². The molecule has 0 aliphatic rings. The van der Waals surface area contributed by atoms with Gasteiger partial charge in [-0.1, -0.05) is 81.4 Å². The van der Waals surface area contributed by atoms with E-state index in [1.165, 1.54) is 33.1 Å². The molecule has 0 amide bonds. The van der Waals surface area contributed by atoms with Crippen LogP contribution in [0.2, 0.25) is 0 Å². The predicted octanol–water partition coefficient (Wildman–Crippen LogP) is 5.72. The molecule has 3 rings (SSSR count). The summed E-state index contributed by atoms with van der Waals surface area (Å²) in [7, 11) is 7.98. The van der Waals surface area contributed by atoms with Crippen molar-refractivity contribution in [3.63, 3.8) is 0 Å². The summed E-state index contributed by atoms with van der Waals surface area (Å²) in [5, 5.41) is 3.02. The normalized spacial score (nSPS) is 12.5. The van der Waals surface area contributed by atoms with Crippen molar-refractivity contribution < 1.29 is 0 Å². The maximum absolute atomic E-state index is 2.37. The van der Waals surface area contributed by atoms with Crippen LogP contribution >= 0.6 is 7.92 Å². The highest BCUT2D eigenvalue weighted by Crippen LogP contribution is 2.50. The van der Waals surface area contributed by atoms with Gasteiger partial charge in [-0.3, -0.25) is 0 Å². The third-order valence-corrected chi connectivity index (χ3v) is 8.11. The van der Waals surface area contributed by atoms with Crippen LogP contribution in [0.4, 0.5) is 11.4 Å². The monoisotopic (exact) mass is 404 g/mol. The molecule has 0 aromatic heterocycles. The lowest BCUT2D eigenvalue weighted by atomic mass is 10.00. The van der Waals surface area contributed by atoms with Gasteiger partial charge < -0.3 is 9.80 Å². The van der Waals surface area contributed by atoms with Crippen LogP contribution in [-0.2, 0) is 0 Å². The first kappa shape index (κ1) is 21.4. The Hall–Kier alpha value is -2.31. The fourth-order valence-electron chi connectivity index (χ4n) is 3.89. The van der Waals surface area contributed by atoms with E-state index in [4.69, 9.17) is 0 Å². The molecule has 0 aliphatic heterocycles. The van der Waals surface area contributed by atoms with E-state index in [2.05, 4.69) is 132 Å². The third-order valence-electron chi connectivity index (χ3n) is 5.08. The molecule has 0 saturated carbocycles. The van der Waals surface area contributed by atoms with Crippen molar-refractivity contribution >= 4 is 29.9 Å². The van der Waals surface area contributed by atoms with Crippen molar-refractivity contribution in [2.75, 3.05) is 38.0 Å². The first-order valence-corrected chi connectivity index (χ1v) is 11.5. The van der Waals surface area contributed by atoms with E-state index in [9.17, 15) is 0 Å². The summed E-state index contributed by atoms with van der Waals surface area (Å²) >= 11 is 0. The van der Waals surface area contributed by atoms with Crippen LogP contribution in [0, 0.1) is 0 Å². The lowest BCUT2D eigenvalue weighted by Crippen LogP contribution is -2.28. The minimum Gasteiger partial charge on any atom is -0.377 e. The predicted molar refractivity (Wildman–Crippen MR) is 133 cm³/mol. The number of hydrogen-bond acceptors (Lipinski definition) is 2. The summed E-state index contributed by atoms with van der Waals surface area (Å²) in [6.07, 6.45) is 0. The van der Waals surface area contributed by atoms with Crippen LogP contribution in [-0.4, -0.2) is 33.3 Å². The standard InChI is InChI=1S/C26H33N2P/c1-26(2,3)29(20-14-9-8-10-15-20)24-19-12-11-16-21(24)25-22(27(4)5)17-13-18-23(25)28(6)7/h8-19H,1-7H3. The molecule has 1 unspecified atom stereocenters. The van der Waals surface area contributed by atoms with E-state index in [0.29, 0.717) is 0 Å². The molecule has 0 spiro atoms. The Morgan fingerprint density at radius 2 is 1.14 bits per heavy atom. The number of anilines is 2. The van der Waals surface area contributed by atoms with E-state index in [0.717, 1.165) is 0 Å². The molecule has 0 radical (unpaired) electrons. The molecule has 0 heterocycles. The van der Waals surface area contributed by atoms with Gasteiger partial charge in [-0.25, -0.2) is 0 Å². The SMILES string of the molecule is CN(C)c1cccc(N(C)C)c1-c1ccccc1P(c1ccccc1)C(C)(C)C. The van der Waals surface area contributed by atoms with Crippen molar-refractivity contribution in [3.8, 4) is 11.1 Å². The highest BCUT2D eigenvalue weighted by atomic mass is 31.1. The van der Waals surface area contributed by atoms with Crippen LogP contribution in [0.3, 0.4) is 0 Å². The molecular formula is C26H33N2P. The van der Waals surface area contributed by atoms with Gasteiger partial charge in [0, 0.05) is 45.1 Å². The number of rotatable bonds is 5. The van der Waals surface area contributed by atoms with Gasteiger partial charge in [0.25, 0.3) is 0 Å². The quantitative estimate of drug-likeness (QED) is 0.502. The van der Waals surface area contributed by atoms with Crippen LogP contribution in [0.1, 0.15) is 20.8 Å². The highest BCUT2D eigenvalue weighted by Gasteiger charge is 2.30. The van der Waals surface area contributed by atoms with Gasteiger partial charge in [0.1, 0.15) is 0 Å². The Bertz CT molecular complexity index is 930. The molecular weight excluding hydrogens is 371 g/mol. The second-order valence-corrected chi connectivity index (χ2v) is 11.8. The average molecular weight is 405 g/mol. The largest absolute Gasteiger partial charge is 0.377 e. The summed E-state index contributed by atoms with van der Waals surface area (Å²) in [5.41, 5.74) is 5.15. The molecule has 0 fully saturated rings. The van der Waals surface area contributed by atoms with Gasteiger partial charge in [-0.2, -0.15) is 0 Å². The molecule has 1 atom stereocenters. The van der Waals surface area contributed by atoms with Gasteiger partial charge in [-0.05, 0) is 41.4 Å². The Labute approximate surface area is 177 Å². The molecule has 0 N–H and O–H groups in total. The molecule has 2 nitrogen and oxygen atoms in total. The smallest absolute Gasteiger partial charge is 0.0461 e. The second kappa shape index (κ2) is 8.59.